The fourth-order valence-electron chi connectivity index (χ4n) is 1.39. The molecule has 1 fully saturated rings. The highest BCUT2D eigenvalue weighted by Gasteiger charge is 2.20. The second-order valence-corrected chi connectivity index (χ2v) is 4.10. The van der Waals surface area contributed by atoms with Crippen molar-refractivity contribution in [2.45, 2.75) is 38.4 Å². The number of furan rings is 1. The molecule has 2 N–H and O–H groups in total. The predicted molar refractivity (Wildman–Crippen MR) is 56.0 cm³/mol. The molecule has 1 heterocycles. The lowest BCUT2D eigenvalue weighted by Crippen LogP contribution is -2.36. The molecule has 78 valence electrons. The molecule has 1 aliphatic carbocycles. The molecule has 1 aromatic heterocycles. The van der Waals surface area contributed by atoms with E-state index in [-0.39, 0.29) is 0 Å². The van der Waals surface area contributed by atoms with Gasteiger partial charge in [-0.2, -0.15) is 0 Å². The zero-order chi connectivity index (χ0) is 9.80. The summed E-state index contributed by atoms with van der Waals surface area (Å²) in [5, 5.41) is 6.95. The van der Waals surface area contributed by atoms with Gasteiger partial charge >= 0.3 is 0 Å². The Labute approximate surface area is 84.9 Å². The summed E-state index contributed by atoms with van der Waals surface area (Å²) in [6, 6.07) is 3.31. The van der Waals surface area contributed by atoms with Gasteiger partial charge in [0.1, 0.15) is 0 Å². The molecule has 0 aromatic carbocycles. The maximum atomic E-state index is 5.00. The molecule has 0 bridgehead atoms. The van der Waals surface area contributed by atoms with Gasteiger partial charge in [-0.3, -0.25) is 0 Å². The first-order chi connectivity index (χ1) is 6.84. The van der Waals surface area contributed by atoms with E-state index in [1.807, 2.05) is 6.07 Å². The van der Waals surface area contributed by atoms with Crippen molar-refractivity contribution in [3.63, 3.8) is 0 Å². The second kappa shape index (κ2) is 4.62. The largest absolute Gasteiger partial charge is 0.472 e. The Kier molecular flexibility index (Phi) is 3.22. The van der Waals surface area contributed by atoms with Gasteiger partial charge in [-0.1, -0.05) is 0 Å². The van der Waals surface area contributed by atoms with E-state index in [1.54, 1.807) is 12.5 Å². The van der Waals surface area contributed by atoms with Crippen LogP contribution in [0.25, 0.3) is 0 Å². The standard InChI is InChI=1S/C11H18N2O/c1-9(6-13-11-2-3-11)12-7-10-4-5-14-8-10/h4-5,8-9,11-13H,2-3,6-7H2,1H3. The third-order valence-corrected chi connectivity index (χ3v) is 2.52. The Morgan fingerprint density at radius 1 is 1.57 bits per heavy atom. The van der Waals surface area contributed by atoms with Crippen LogP contribution in [0.3, 0.4) is 0 Å². The third kappa shape index (κ3) is 3.16. The van der Waals surface area contributed by atoms with Crippen LogP contribution in [0.15, 0.2) is 23.0 Å². The number of nitrogens with one attached hydrogen (secondary N) is 2. The van der Waals surface area contributed by atoms with E-state index >= 15 is 0 Å². The van der Waals surface area contributed by atoms with Crippen LogP contribution in [0.2, 0.25) is 0 Å². The van der Waals surface area contributed by atoms with Gasteiger partial charge < -0.3 is 15.1 Å². The van der Waals surface area contributed by atoms with E-state index in [1.165, 1.54) is 18.4 Å². The zero-order valence-electron chi connectivity index (χ0n) is 8.62. The first-order valence-corrected chi connectivity index (χ1v) is 5.32. The zero-order valence-corrected chi connectivity index (χ0v) is 8.62. The van der Waals surface area contributed by atoms with Crippen molar-refractivity contribution in [3.05, 3.63) is 24.2 Å². The summed E-state index contributed by atoms with van der Waals surface area (Å²) >= 11 is 0. The molecule has 3 nitrogen and oxygen atoms in total. The minimum atomic E-state index is 0.519. The van der Waals surface area contributed by atoms with Gasteiger partial charge in [0.25, 0.3) is 0 Å². The van der Waals surface area contributed by atoms with Crippen molar-refractivity contribution >= 4 is 0 Å². The van der Waals surface area contributed by atoms with Crippen LogP contribution in [-0.4, -0.2) is 18.6 Å². The van der Waals surface area contributed by atoms with Crippen molar-refractivity contribution in [2.24, 2.45) is 0 Å². The van der Waals surface area contributed by atoms with E-state index in [0.717, 1.165) is 19.1 Å². The van der Waals surface area contributed by atoms with E-state index < -0.39 is 0 Å². The first kappa shape index (κ1) is 9.74. The van der Waals surface area contributed by atoms with Crippen molar-refractivity contribution in [2.75, 3.05) is 6.54 Å². The summed E-state index contributed by atoms with van der Waals surface area (Å²) in [4.78, 5) is 0. The first-order valence-electron chi connectivity index (χ1n) is 5.32. The fourth-order valence-corrected chi connectivity index (χ4v) is 1.39. The van der Waals surface area contributed by atoms with Crippen LogP contribution in [-0.2, 0) is 6.54 Å². The highest BCUT2D eigenvalue weighted by Crippen LogP contribution is 2.18. The van der Waals surface area contributed by atoms with Crippen LogP contribution < -0.4 is 10.6 Å². The molecule has 1 atom stereocenters. The third-order valence-electron chi connectivity index (χ3n) is 2.52. The van der Waals surface area contributed by atoms with E-state index in [4.69, 9.17) is 4.42 Å². The summed E-state index contributed by atoms with van der Waals surface area (Å²) in [6.07, 6.45) is 6.21. The number of hydrogen-bond donors (Lipinski definition) is 2. The van der Waals surface area contributed by atoms with Crippen LogP contribution in [0, 0.1) is 0 Å². The maximum Gasteiger partial charge on any atom is 0.0947 e. The number of hydrogen-bond acceptors (Lipinski definition) is 3. The van der Waals surface area contributed by atoms with Gasteiger partial charge in [-0.05, 0) is 25.8 Å². The molecule has 1 saturated carbocycles. The van der Waals surface area contributed by atoms with Crippen molar-refractivity contribution in [3.8, 4) is 0 Å². The molecule has 2 rings (SSSR count). The lowest BCUT2D eigenvalue weighted by molar-refractivity contribution is 0.496. The Morgan fingerprint density at radius 2 is 2.43 bits per heavy atom. The Hall–Kier alpha value is -0.800. The second-order valence-electron chi connectivity index (χ2n) is 4.10. The van der Waals surface area contributed by atoms with Crippen LogP contribution in [0.1, 0.15) is 25.3 Å². The SMILES string of the molecule is CC(CNC1CC1)NCc1ccoc1. The minimum absolute atomic E-state index is 0.519. The molecule has 1 aromatic rings. The Balaban J connectivity index is 1.59. The maximum absolute atomic E-state index is 5.00. The quantitative estimate of drug-likeness (QED) is 0.720. The topological polar surface area (TPSA) is 37.2 Å². The van der Waals surface area contributed by atoms with Gasteiger partial charge in [-0.15, -0.1) is 0 Å². The smallest absolute Gasteiger partial charge is 0.0947 e. The van der Waals surface area contributed by atoms with Crippen molar-refractivity contribution < 1.29 is 4.42 Å². The monoisotopic (exact) mass is 194 g/mol. The van der Waals surface area contributed by atoms with Crippen LogP contribution in [0.4, 0.5) is 0 Å². The minimum Gasteiger partial charge on any atom is -0.472 e. The van der Waals surface area contributed by atoms with Crippen LogP contribution >= 0.6 is 0 Å². The Morgan fingerprint density at radius 3 is 3.07 bits per heavy atom. The lowest BCUT2D eigenvalue weighted by Gasteiger charge is -2.13. The molecule has 0 saturated heterocycles. The van der Waals surface area contributed by atoms with Gasteiger partial charge in [0.05, 0.1) is 12.5 Å². The normalized spacial score (nSPS) is 18.4. The lowest BCUT2D eigenvalue weighted by atomic mass is 10.3. The predicted octanol–water partition coefficient (Wildman–Crippen LogP) is 1.51. The molecule has 1 unspecified atom stereocenters. The van der Waals surface area contributed by atoms with Crippen LogP contribution in [0.5, 0.6) is 0 Å². The van der Waals surface area contributed by atoms with Gasteiger partial charge in [0.15, 0.2) is 0 Å². The van der Waals surface area contributed by atoms with Crippen molar-refractivity contribution in [1.29, 1.82) is 0 Å². The molecule has 0 spiro atoms. The average Bonchev–Trinajstić information content (AvgIpc) is 2.87. The van der Waals surface area contributed by atoms with E-state index in [0.29, 0.717) is 6.04 Å². The highest BCUT2D eigenvalue weighted by atomic mass is 16.3. The summed E-state index contributed by atoms with van der Waals surface area (Å²) in [5.74, 6) is 0. The van der Waals surface area contributed by atoms with Crippen molar-refractivity contribution in [1.82, 2.24) is 10.6 Å². The summed E-state index contributed by atoms with van der Waals surface area (Å²) in [6.45, 7) is 4.15. The van der Waals surface area contributed by atoms with Gasteiger partial charge in [-0.25, -0.2) is 0 Å². The van der Waals surface area contributed by atoms with E-state index in [2.05, 4.69) is 17.6 Å². The molecule has 0 radical (unpaired) electrons. The highest BCUT2D eigenvalue weighted by molar-refractivity contribution is 5.04. The summed E-state index contributed by atoms with van der Waals surface area (Å²) in [5.41, 5.74) is 1.21. The molecule has 1 aliphatic rings. The summed E-state index contributed by atoms with van der Waals surface area (Å²) < 4.78 is 5.00. The summed E-state index contributed by atoms with van der Waals surface area (Å²) in [7, 11) is 0. The molecule has 0 aliphatic heterocycles. The van der Waals surface area contributed by atoms with Gasteiger partial charge in [0.2, 0.25) is 0 Å². The Bertz CT molecular complexity index is 254. The molecular formula is C11H18N2O. The van der Waals surface area contributed by atoms with E-state index in [9.17, 15) is 0 Å². The number of rotatable bonds is 6. The molecular weight excluding hydrogens is 176 g/mol. The van der Waals surface area contributed by atoms with Gasteiger partial charge in [0, 0.05) is 30.7 Å². The molecule has 3 heteroatoms. The fraction of sp³-hybridized carbons (Fsp3) is 0.636. The molecule has 0 amide bonds. The average molecular weight is 194 g/mol. The molecule has 14 heavy (non-hydrogen) atoms.